The highest BCUT2D eigenvalue weighted by molar-refractivity contribution is 6.91. The van der Waals surface area contributed by atoms with Crippen molar-refractivity contribution < 1.29 is 41.2 Å². The first-order valence-electron chi connectivity index (χ1n) is 20.6. The molecule has 2 rings (SSSR count). The highest BCUT2D eigenvalue weighted by Gasteiger charge is 2.49. The number of hydrogen-bond donors (Lipinski definition) is 0. The van der Waals surface area contributed by atoms with E-state index < -0.39 is 116 Å². The Balaban J connectivity index is 0.000000814. The van der Waals surface area contributed by atoms with Gasteiger partial charge in [0, 0.05) is 10.4 Å². The second kappa shape index (κ2) is 27.7. The minimum absolute atomic E-state index is 1.12. The third-order valence-corrected chi connectivity index (χ3v) is 39.6. The molecule has 56 heavy (non-hydrogen) atoms. The Morgan fingerprint density at radius 1 is 0.304 bits per heavy atom. The summed E-state index contributed by atoms with van der Waals surface area (Å²) >= 11 is 0. The maximum atomic E-state index is 6.54. The van der Waals surface area contributed by atoms with Gasteiger partial charge in [-0.1, -0.05) is 60.7 Å². The molecule has 0 aliphatic heterocycles. The number of rotatable bonds is 22. The Labute approximate surface area is 363 Å². The molecule has 0 saturated heterocycles. The van der Waals surface area contributed by atoms with Gasteiger partial charge in [0.05, 0.1) is 0 Å². The predicted octanol–water partition coefficient (Wildman–Crippen LogP) is 5.94. The fourth-order valence-corrected chi connectivity index (χ4v) is 42.9. The molecular formula is C33H82O10Si13. The Hall–Kier alpha value is 0.859. The van der Waals surface area contributed by atoms with E-state index in [-0.39, 0.29) is 0 Å². The van der Waals surface area contributed by atoms with Crippen LogP contribution in [0, 0.1) is 0 Å². The van der Waals surface area contributed by atoms with Crippen molar-refractivity contribution in [3.8, 4) is 0 Å². The van der Waals surface area contributed by atoms with Crippen LogP contribution in [0.25, 0.3) is 0 Å². The Bertz CT molecular complexity index is 1210. The molecule has 0 amide bonds. The van der Waals surface area contributed by atoms with Gasteiger partial charge in [0.1, 0.15) is 0 Å². The van der Waals surface area contributed by atoms with Gasteiger partial charge in [0.15, 0.2) is 89.7 Å². The predicted molar refractivity (Wildman–Crippen MR) is 274 cm³/mol. The molecule has 0 bridgehead atoms. The molecule has 0 saturated carbocycles. The van der Waals surface area contributed by atoms with Gasteiger partial charge in [-0.05, 0) is 137 Å². The molecule has 0 radical (unpaired) electrons. The maximum Gasteiger partial charge on any atom is 0.636 e. The van der Waals surface area contributed by atoms with Gasteiger partial charge >= 0.3 is 26.7 Å². The molecule has 0 heterocycles. The summed E-state index contributed by atoms with van der Waals surface area (Å²) in [5, 5.41) is 2.24. The molecule has 0 aliphatic rings. The molecule has 0 unspecified atom stereocenters. The molecule has 23 heteroatoms. The first-order valence-corrected chi connectivity index (χ1v) is 54.1. The summed E-state index contributed by atoms with van der Waals surface area (Å²) in [6.45, 7) is 45.6. The van der Waals surface area contributed by atoms with Gasteiger partial charge < -0.3 is 41.2 Å². The maximum absolute atomic E-state index is 6.54. The van der Waals surface area contributed by atoms with Gasteiger partial charge in [0.25, 0.3) is 0 Å². The number of hydrogen-bond acceptors (Lipinski definition) is 10. The minimum Gasteiger partial charge on any atom is -0.416 e. The van der Waals surface area contributed by atoms with E-state index in [2.05, 4.69) is 162 Å². The fraction of sp³-hybridized carbons (Fsp3) is 0.636. The molecule has 0 atom stereocenters. The minimum atomic E-state index is -2.80. The standard InChI is InChI=1S/C13H28O3Si4.C12H26O3Si4.C8H28O4Si5/c1-17(2)14-20(15-18(3)4,16-19(5,6)7)13-11-9-8-10-12-13;1-16(2)13-19(14-17(3)4,15-18(5)6)12-10-8-7-9-11-12;1-13(2)9-17(10-14(3)4,11-15(5)6)12-16(7)8/h8-12,17-18H,1-7H3;7-11,16-18H,1-6H3;13-16H,1-8H3. The highest BCUT2D eigenvalue weighted by atomic mass is 28.5. The molecule has 0 N–H and O–H groups in total. The number of benzene rings is 2. The van der Waals surface area contributed by atoms with Crippen molar-refractivity contribution in [3.63, 3.8) is 0 Å². The van der Waals surface area contributed by atoms with Crippen LogP contribution in [0.1, 0.15) is 0 Å². The molecule has 0 fully saturated rings. The monoisotopic (exact) mass is 1000 g/mol. The zero-order valence-corrected chi connectivity index (χ0v) is 53.4. The first kappa shape index (κ1) is 56.9. The Morgan fingerprint density at radius 3 is 0.732 bits per heavy atom. The smallest absolute Gasteiger partial charge is 0.416 e. The van der Waals surface area contributed by atoms with Gasteiger partial charge in [0.2, 0.25) is 0 Å². The Morgan fingerprint density at radius 2 is 0.518 bits per heavy atom. The van der Waals surface area contributed by atoms with E-state index in [1.54, 1.807) is 0 Å². The lowest BCUT2D eigenvalue weighted by Gasteiger charge is -2.38. The summed E-state index contributed by atoms with van der Waals surface area (Å²) in [5.41, 5.74) is 0. The zero-order chi connectivity index (χ0) is 43.5. The highest BCUT2D eigenvalue weighted by Crippen LogP contribution is 2.21. The molecule has 0 aromatic heterocycles. The summed E-state index contributed by atoms with van der Waals surface area (Å²) in [6.07, 6.45) is 0. The molecule has 0 spiro atoms. The van der Waals surface area contributed by atoms with Crippen molar-refractivity contribution in [2.45, 2.75) is 137 Å². The van der Waals surface area contributed by atoms with Gasteiger partial charge in [-0.15, -0.1) is 0 Å². The quantitative estimate of drug-likeness (QED) is 0.132. The summed E-state index contributed by atoms with van der Waals surface area (Å²) in [7, 11) is -21.0. The first-order chi connectivity index (χ1) is 25.7. The van der Waals surface area contributed by atoms with Crippen LogP contribution in [0.4, 0.5) is 0 Å². The second-order valence-electron chi connectivity index (χ2n) is 17.1. The van der Waals surface area contributed by atoms with Crippen LogP contribution in [0.3, 0.4) is 0 Å². The molecule has 2 aromatic carbocycles. The summed E-state index contributed by atoms with van der Waals surface area (Å²) < 4.78 is 62.8. The van der Waals surface area contributed by atoms with Crippen molar-refractivity contribution in [2.75, 3.05) is 0 Å². The van der Waals surface area contributed by atoms with Crippen LogP contribution in [0.5, 0.6) is 0 Å². The fourth-order valence-electron chi connectivity index (χ4n) is 5.12. The summed E-state index contributed by atoms with van der Waals surface area (Å²) in [4.78, 5) is 0. The van der Waals surface area contributed by atoms with Crippen LogP contribution < -0.4 is 10.4 Å². The third kappa shape index (κ3) is 25.0. The lowest BCUT2D eigenvalue weighted by Crippen LogP contribution is -2.63. The van der Waals surface area contributed by atoms with E-state index in [4.69, 9.17) is 41.2 Å². The normalized spacial score (nSPS) is 13.1. The van der Waals surface area contributed by atoms with Crippen molar-refractivity contribution in [1.82, 2.24) is 0 Å². The van der Waals surface area contributed by atoms with E-state index in [1.165, 1.54) is 0 Å². The summed E-state index contributed by atoms with van der Waals surface area (Å²) in [6, 6.07) is 20.6. The van der Waals surface area contributed by atoms with Crippen molar-refractivity contribution >= 4 is 127 Å². The lowest BCUT2D eigenvalue weighted by atomic mass is 10.4. The molecule has 10 nitrogen and oxygen atoms in total. The van der Waals surface area contributed by atoms with Crippen LogP contribution in [0.2, 0.25) is 137 Å². The van der Waals surface area contributed by atoms with E-state index >= 15 is 0 Å². The summed E-state index contributed by atoms with van der Waals surface area (Å²) in [5.74, 6) is 0. The van der Waals surface area contributed by atoms with Crippen molar-refractivity contribution in [2.24, 2.45) is 0 Å². The average Bonchev–Trinajstić information content (AvgIpc) is 2.98. The largest absolute Gasteiger partial charge is 0.636 e. The molecule has 2 aromatic rings. The molecular weight excluding hydrogens is 921 g/mol. The van der Waals surface area contributed by atoms with E-state index in [0.717, 1.165) is 10.4 Å². The van der Waals surface area contributed by atoms with Crippen molar-refractivity contribution in [3.05, 3.63) is 60.7 Å². The van der Waals surface area contributed by atoms with E-state index in [1.807, 2.05) is 36.4 Å². The second-order valence-corrected chi connectivity index (χ2v) is 53.8. The molecule has 326 valence electrons. The van der Waals surface area contributed by atoms with Crippen molar-refractivity contribution in [1.29, 1.82) is 0 Å². The Kier molecular flexibility index (Phi) is 28.2. The lowest BCUT2D eigenvalue weighted by molar-refractivity contribution is 0.164. The topological polar surface area (TPSA) is 92.3 Å². The SMILES string of the molecule is C[SiH](C)O[Si](O[SiH](C)C)(O[SiH](C)C)O[SiH](C)C.C[SiH](C)O[Si](O[SiH](C)C)(O[SiH](C)C)c1ccccc1.C[SiH](C)O[Si](O[SiH](C)C)(O[Si](C)(C)C)c1ccccc1. The van der Waals surface area contributed by atoms with Crippen LogP contribution >= 0.6 is 0 Å². The average molecular weight is 1000 g/mol. The van der Waals surface area contributed by atoms with Gasteiger partial charge in [-0.25, -0.2) is 0 Å². The van der Waals surface area contributed by atoms with Crippen LogP contribution in [-0.4, -0.2) is 116 Å². The van der Waals surface area contributed by atoms with Gasteiger partial charge in [-0.3, -0.25) is 0 Å². The van der Waals surface area contributed by atoms with Crippen LogP contribution in [0.15, 0.2) is 60.7 Å². The van der Waals surface area contributed by atoms with E-state index in [9.17, 15) is 0 Å². The third-order valence-electron chi connectivity index (χ3n) is 6.17. The molecule has 0 aliphatic carbocycles. The van der Waals surface area contributed by atoms with E-state index in [0.29, 0.717) is 0 Å². The van der Waals surface area contributed by atoms with Crippen LogP contribution in [-0.2, 0) is 41.2 Å². The zero-order valence-electron chi connectivity index (χ0n) is 39.1. The van der Waals surface area contributed by atoms with Gasteiger partial charge in [-0.2, -0.15) is 0 Å².